The van der Waals surface area contributed by atoms with E-state index >= 15 is 0 Å². The molecule has 2 aromatic heterocycles. The van der Waals surface area contributed by atoms with E-state index in [1.165, 1.54) is 17.7 Å². The Morgan fingerprint density at radius 1 is 1.61 bits per heavy atom. The largest absolute Gasteiger partial charge is 0.438 e. The topological polar surface area (TPSA) is 101 Å². The van der Waals surface area contributed by atoms with Crippen LogP contribution in [0.2, 0.25) is 0 Å². The molecule has 2 heterocycles. The van der Waals surface area contributed by atoms with E-state index in [9.17, 15) is 4.79 Å². The van der Waals surface area contributed by atoms with Crippen molar-refractivity contribution >= 4 is 28.1 Å². The van der Waals surface area contributed by atoms with Crippen molar-refractivity contribution in [3.8, 4) is 0 Å². The van der Waals surface area contributed by atoms with Gasteiger partial charge >= 0.3 is 0 Å². The Bertz CT molecular complexity index is 602. The van der Waals surface area contributed by atoms with Crippen LogP contribution in [0.1, 0.15) is 28.9 Å². The number of hydrogen-bond acceptors (Lipinski definition) is 7. The molecule has 0 radical (unpaired) electrons. The molecule has 0 aliphatic carbocycles. The van der Waals surface area contributed by atoms with Gasteiger partial charge in [-0.1, -0.05) is 5.16 Å². The van der Waals surface area contributed by atoms with Crippen molar-refractivity contribution in [1.82, 2.24) is 9.97 Å². The molecular formula is C10H10N4O3S. The van der Waals surface area contributed by atoms with Gasteiger partial charge in [-0.05, 0) is 13.8 Å². The highest BCUT2D eigenvalue weighted by Gasteiger charge is 2.16. The number of anilines is 1. The van der Waals surface area contributed by atoms with Gasteiger partial charge in [0, 0.05) is 5.38 Å². The summed E-state index contributed by atoms with van der Waals surface area (Å²) >= 11 is 1.23. The average molecular weight is 266 g/mol. The maximum Gasteiger partial charge on any atom is 0.295 e. The molecule has 0 aliphatic heterocycles. The van der Waals surface area contributed by atoms with E-state index in [0.717, 1.165) is 0 Å². The maximum atomic E-state index is 11.8. The fourth-order valence-electron chi connectivity index (χ4n) is 1.22. The van der Waals surface area contributed by atoms with E-state index in [2.05, 4.69) is 20.4 Å². The van der Waals surface area contributed by atoms with Gasteiger partial charge in [0.05, 0.1) is 5.69 Å². The highest BCUT2D eigenvalue weighted by atomic mass is 32.1. The lowest BCUT2D eigenvalue weighted by atomic mass is 10.3. The van der Waals surface area contributed by atoms with Crippen LogP contribution in [-0.4, -0.2) is 26.8 Å². The molecule has 7 nitrogen and oxygen atoms in total. The Hall–Kier alpha value is -2.22. The molecule has 0 unspecified atom stereocenters. The smallest absolute Gasteiger partial charge is 0.295 e. The molecule has 2 aromatic rings. The summed E-state index contributed by atoms with van der Waals surface area (Å²) in [5.41, 5.74) is 1.40. The van der Waals surface area contributed by atoms with Gasteiger partial charge < -0.3 is 9.62 Å². The number of carbonyl (C=O) groups is 1. The van der Waals surface area contributed by atoms with Crippen molar-refractivity contribution in [2.45, 2.75) is 13.8 Å². The van der Waals surface area contributed by atoms with E-state index in [4.69, 9.17) is 9.62 Å². The van der Waals surface area contributed by atoms with Crippen molar-refractivity contribution in [3.05, 3.63) is 28.9 Å². The fourth-order valence-corrected chi connectivity index (χ4v) is 1.97. The molecular weight excluding hydrogens is 256 g/mol. The monoisotopic (exact) mass is 266 g/mol. The van der Waals surface area contributed by atoms with E-state index in [1.54, 1.807) is 19.2 Å². The number of aryl methyl sites for hydroxylation is 1. The molecule has 0 fully saturated rings. The van der Waals surface area contributed by atoms with Crippen LogP contribution in [0.5, 0.6) is 0 Å². The van der Waals surface area contributed by atoms with Gasteiger partial charge in [-0.15, -0.1) is 11.3 Å². The van der Waals surface area contributed by atoms with Crippen LogP contribution in [0.15, 0.2) is 21.3 Å². The van der Waals surface area contributed by atoms with E-state index in [-0.39, 0.29) is 5.76 Å². The van der Waals surface area contributed by atoms with Crippen LogP contribution in [0.4, 0.5) is 5.13 Å². The van der Waals surface area contributed by atoms with E-state index in [1.807, 2.05) is 0 Å². The number of aromatic nitrogens is 2. The van der Waals surface area contributed by atoms with Crippen molar-refractivity contribution in [1.29, 1.82) is 0 Å². The summed E-state index contributed by atoms with van der Waals surface area (Å²) < 4.78 is 4.96. The highest BCUT2D eigenvalue weighted by Crippen LogP contribution is 2.17. The molecule has 0 bridgehead atoms. The first-order valence-electron chi connectivity index (χ1n) is 4.98. The third-order valence-corrected chi connectivity index (χ3v) is 2.95. The predicted molar refractivity (Wildman–Crippen MR) is 65.3 cm³/mol. The van der Waals surface area contributed by atoms with Gasteiger partial charge in [-0.25, -0.2) is 9.97 Å². The summed E-state index contributed by atoms with van der Waals surface area (Å²) in [5, 5.41) is 16.3. The summed E-state index contributed by atoms with van der Waals surface area (Å²) in [6.45, 7) is 3.29. The molecule has 0 atom stereocenters. The van der Waals surface area contributed by atoms with Crippen molar-refractivity contribution < 1.29 is 14.4 Å². The normalized spacial score (nSPS) is 11.6. The average Bonchev–Trinajstić information content (AvgIpc) is 2.97. The first-order valence-corrected chi connectivity index (χ1v) is 5.85. The molecule has 0 saturated carbocycles. The molecule has 0 aliphatic rings. The van der Waals surface area contributed by atoms with Crippen LogP contribution in [-0.2, 0) is 0 Å². The Morgan fingerprint density at radius 2 is 2.39 bits per heavy atom. The van der Waals surface area contributed by atoms with Gasteiger partial charge in [0.1, 0.15) is 11.4 Å². The number of oxime groups is 1. The molecule has 8 heteroatoms. The molecule has 94 valence electrons. The Kier molecular flexibility index (Phi) is 3.38. The zero-order valence-corrected chi connectivity index (χ0v) is 10.5. The first kappa shape index (κ1) is 12.2. The molecule has 0 spiro atoms. The van der Waals surface area contributed by atoms with Crippen molar-refractivity contribution in [3.63, 3.8) is 0 Å². The number of thiazole rings is 1. The predicted octanol–water partition coefficient (Wildman–Crippen LogP) is 1.89. The van der Waals surface area contributed by atoms with Crippen molar-refractivity contribution in [2.24, 2.45) is 5.16 Å². The lowest BCUT2D eigenvalue weighted by molar-refractivity contribution is 0.0996. The van der Waals surface area contributed by atoms with Gasteiger partial charge in [0.25, 0.3) is 5.91 Å². The zero-order chi connectivity index (χ0) is 13.1. The second-order valence-corrected chi connectivity index (χ2v) is 4.30. The number of amides is 1. The lowest BCUT2D eigenvalue weighted by Gasteiger charge is -1.98. The number of carbonyl (C=O) groups excluding carboxylic acids is 1. The molecule has 0 aromatic carbocycles. The first-order chi connectivity index (χ1) is 8.61. The molecule has 0 saturated heterocycles. The van der Waals surface area contributed by atoms with E-state index < -0.39 is 5.91 Å². The zero-order valence-electron chi connectivity index (χ0n) is 9.67. The van der Waals surface area contributed by atoms with Gasteiger partial charge in [-0.2, -0.15) is 0 Å². The quantitative estimate of drug-likeness (QED) is 0.502. The highest BCUT2D eigenvalue weighted by molar-refractivity contribution is 7.14. The number of oxazole rings is 1. The van der Waals surface area contributed by atoms with Crippen LogP contribution in [0.3, 0.4) is 0 Å². The Balaban J connectivity index is 2.13. The second-order valence-electron chi connectivity index (χ2n) is 3.44. The minimum absolute atomic E-state index is 0.152. The minimum Gasteiger partial charge on any atom is -0.438 e. The van der Waals surface area contributed by atoms with Gasteiger partial charge in [-0.3, -0.25) is 10.1 Å². The lowest BCUT2D eigenvalue weighted by Crippen LogP contribution is -2.12. The molecule has 2 N–H and O–H groups in total. The van der Waals surface area contributed by atoms with E-state index in [0.29, 0.717) is 22.2 Å². The third kappa shape index (κ3) is 2.38. The summed E-state index contributed by atoms with van der Waals surface area (Å²) in [5.74, 6) is -0.260. The summed E-state index contributed by atoms with van der Waals surface area (Å²) in [7, 11) is 0. The number of rotatable bonds is 3. The number of nitrogens with one attached hydrogen (secondary N) is 1. The third-order valence-electron chi connectivity index (χ3n) is 2.20. The van der Waals surface area contributed by atoms with Crippen LogP contribution >= 0.6 is 11.3 Å². The second kappa shape index (κ2) is 4.96. The SMILES string of the molecule is CC(=NO)c1csc(NC(=O)c2ocnc2C)n1. The fraction of sp³-hybridized carbons (Fsp3) is 0.200. The molecule has 1 amide bonds. The van der Waals surface area contributed by atoms with Crippen LogP contribution in [0, 0.1) is 6.92 Å². The standard InChI is InChI=1S/C10H10N4O3S/c1-5(14-16)7-3-18-10(12-7)13-9(15)8-6(2)11-4-17-8/h3-4,16H,1-2H3,(H,12,13,15). The van der Waals surface area contributed by atoms with Crippen LogP contribution < -0.4 is 5.32 Å². The summed E-state index contributed by atoms with van der Waals surface area (Å²) in [4.78, 5) is 19.7. The Labute approximate surface area is 106 Å². The van der Waals surface area contributed by atoms with Crippen molar-refractivity contribution in [2.75, 3.05) is 5.32 Å². The molecule has 18 heavy (non-hydrogen) atoms. The van der Waals surface area contributed by atoms with Crippen LogP contribution in [0.25, 0.3) is 0 Å². The maximum absolute atomic E-state index is 11.8. The van der Waals surface area contributed by atoms with Gasteiger partial charge in [0.15, 0.2) is 11.5 Å². The minimum atomic E-state index is -0.413. The number of hydrogen-bond donors (Lipinski definition) is 2. The number of nitrogens with zero attached hydrogens (tertiary/aromatic N) is 3. The van der Waals surface area contributed by atoms with Gasteiger partial charge in [0.2, 0.25) is 5.76 Å². The molecule has 2 rings (SSSR count). The summed E-state index contributed by atoms with van der Waals surface area (Å²) in [6, 6.07) is 0. The Morgan fingerprint density at radius 3 is 3.00 bits per heavy atom. The summed E-state index contributed by atoms with van der Waals surface area (Å²) in [6.07, 6.45) is 1.21.